The van der Waals surface area contributed by atoms with Crippen molar-refractivity contribution >= 4 is 27.3 Å². The van der Waals surface area contributed by atoms with Gasteiger partial charge < -0.3 is 4.74 Å². The first-order valence-corrected chi connectivity index (χ1v) is 7.58. The summed E-state index contributed by atoms with van der Waals surface area (Å²) in [6, 6.07) is 6.99. The van der Waals surface area contributed by atoms with Crippen LogP contribution in [-0.2, 0) is 6.54 Å². The maximum atomic E-state index is 12.4. The molecular weight excluding hydrogens is 300 g/mol. The molecule has 0 atom stereocenters. The van der Waals surface area contributed by atoms with Crippen molar-refractivity contribution in [2.45, 2.75) is 13.5 Å². The molecule has 3 aromatic rings. The number of aromatic nitrogens is 2. The first kappa shape index (κ1) is 14.5. The molecule has 0 saturated heterocycles. The van der Waals surface area contributed by atoms with Crippen LogP contribution in [0.2, 0.25) is 0 Å². The van der Waals surface area contributed by atoms with E-state index in [2.05, 4.69) is 4.98 Å². The van der Waals surface area contributed by atoms with Crippen LogP contribution in [0.3, 0.4) is 0 Å². The van der Waals surface area contributed by atoms with Crippen LogP contribution in [0.1, 0.15) is 22.8 Å². The van der Waals surface area contributed by atoms with Gasteiger partial charge in [-0.1, -0.05) is 0 Å². The molecule has 0 aliphatic heterocycles. The third-order valence-electron chi connectivity index (χ3n) is 3.48. The van der Waals surface area contributed by atoms with Crippen molar-refractivity contribution in [1.82, 2.24) is 9.55 Å². The topological polar surface area (TPSA) is 61.2 Å². The molecule has 0 spiro atoms. The van der Waals surface area contributed by atoms with Gasteiger partial charge in [-0.05, 0) is 36.6 Å². The predicted molar refractivity (Wildman–Crippen MR) is 86.0 cm³/mol. The summed E-state index contributed by atoms with van der Waals surface area (Å²) >= 11 is 1.44. The van der Waals surface area contributed by atoms with Crippen molar-refractivity contribution in [2.24, 2.45) is 0 Å². The van der Waals surface area contributed by atoms with Crippen molar-refractivity contribution in [3.05, 3.63) is 57.5 Å². The lowest BCUT2D eigenvalue weighted by atomic mass is 10.1. The molecule has 0 amide bonds. The zero-order valence-electron chi connectivity index (χ0n) is 12.2. The van der Waals surface area contributed by atoms with Gasteiger partial charge in [0, 0.05) is 11.1 Å². The lowest BCUT2D eigenvalue weighted by molar-refractivity contribution is 0.101. The highest BCUT2D eigenvalue weighted by Crippen LogP contribution is 2.21. The van der Waals surface area contributed by atoms with Gasteiger partial charge in [-0.25, -0.2) is 4.98 Å². The number of hydrogen-bond acceptors (Lipinski definition) is 5. The Labute approximate surface area is 130 Å². The molecular formula is C16H14N2O3S. The zero-order valence-corrected chi connectivity index (χ0v) is 13.0. The highest BCUT2D eigenvalue weighted by molar-refractivity contribution is 7.16. The molecule has 0 unspecified atom stereocenters. The minimum atomic E-state index is -0.0958. The molecule has 1 aromatic carbocycles. The second-order valence-corrected chi connectivity index (χ2v) is 5.79. The molecule has 3 rings (SSSR count). The zero-order chi connectivity index (χ0) is 15.7. The van der Waals surface area contributed by atoms with Crippen LogP contribution in [0.15, 0.2) is 40.8 Å². The fraction of sp³-hybridized carbons (Fsp3) is 0.188. The van der Waals surface area contributed by atoms with Crippen LogP contribution in [0.25, 0.3) is 10.2 Å². The largest absolute Gasteiger partial charge is 0.496 e. The lowest BCUT2D eigenvalue weighted by Gasteiger charge is -2.11. The Morgan fingerprint density at radius 3 is 2.91 bits per heavy atom. The van der Waals surface area contributed by atoms with Gasteiger partial charge in [-0.3, -0.25) is 14.2 Å². The van der Waals surface area contributed by atoms with Crippen molar-refractivity contribution in [2.75, 3.05) is 7.11 Å². The molecule has 22 heavy (non-hydrogen) atoms. The normalized spacial score (nSPS) is 10.8. The van der Waals surface area contributed by atoms with E-state index in [0.29, 0.717) is 23.2 Å². The van der Waals surface area contributed by atoms with E-state index in [1.807, 2.05) is 5.38 Å². The van der Waals surface area contributed by atoms with E-state index in [1.165, 1.54) is 29.2 Å². The van der Waals surface area contributed by atoms with Crippen molar-refractivity contribution in [3.8, 4) is 5.75 Å². The van der Waals surface area contributed by atoms with E-state index in [9.17, 15) is 9.59 Å². The third-order valence-corrected chi connectivity index (χ3v) is 4.30. The summed E-state index contributed by atoms with van der Waals surface area (Å²) in [5.41, 5.74) is 1.27. The minimum absolute atomic E-state index is 0.0253. The molecule has 0 aliphatic carbocycles. The molecule has 112 valence electrons. The van der Waals surface area contributed by atoms with Crippen LogP contribution < -0.4 is 10.3 Å². The summed E-state index contributed by atoms with van der Waals surface area (Å²) in [7, 11) is 1.56. The number of benzene rings is 1. The monoisotopic (exact) mass is 314 g/mol. The van der Waals surface area contributed by atoms with Crippen molar-refractivity contribution < 1.29 is 9.53 Å². The molecule has 6 heteroatoms. The summed E-state index contributed by atoms with van der Waals surface area (Å²) < 4.78 is 6.84. The molecule has 2 aromatic heterocycles. The maximum Gasteiger partial charge on any atom is 0.262 e. The van der Waals surface area contributed by atoms with Gasteiger partial charge in [0.05, 0.1) is 25.4 Å². The number of carbonyl (C=O) groups is 1. The summed E-state index contributed by atoms with van der Waals surface area (Å²) in [4.78, 5) is 29.0. The highest BCUT2D eigenvalue weighted by atomic mass is 32.1. The summed E-state index contributed by atoms with van der Waals surface area (Å²) in [6.45, 7) is 1.82. The number of fused-ring (bicyclic) bond motifs is 1. The van der Waals surface area contributed by atoms with Gasteiger partial charge in [0.2, 0.25) is 0 Å². The van der Waals surface area contributed by atoms with Crippen LogP contribution in [0, 0.1) is 0 Å². The highest BCUT2D eigenvalue weighted by Gasteiger charge is 2.11. The summed E-state index contributed by atoms with van der Waals surface area (Å²) in [5, 5.41) is 2.45. The second kappa shape index (κ2) is 5.73. The van der Waals surface area contributed by atoms with Gasteiger partial charge in [0.15, 0.2) is 5.78 Å². The fourth-order valence-electron chi connectivity index (χ4n) is 2.31. The van der Waals surface area contributed by atoms with Crippen LogP contribution in [0.4, 0.5) is 0 Å². The maximum absolute atomic E-state index is 12.4. The summed E-state index contributed by atoms with van der Waals surface area (Å²) in [6.07, 6.45) is 1.53. The van der Waals surface area contributed by atoms with Crippen LogP contribution in [0.5, 0.6) is 5.75 Å². The Balaban J connectivity index is 2.07. The van der Waals surface area contributed by atoms with Gasteiger partial charge >= 0.3 is 0 Å². The number of ketones is 1. The van der Waals surface area contributed by atoms with E-state index in [4.69, 9.17) is 4.74 Å². The number of nitrogens with zero attached hydrogens (tertiary/aromatic N) is 2. The average molecular weight is 314 g/mol. The van der Waals surface area contributed by atoms with Crippen molar-refractivity contribution in [1.29, 1.82) is 0 Å². The molecule has 0 bridgehead atoms. The Hall–Kier alpha value is -2.47. The second-order valence-electron chi connectivity index (χ2n) is 4.90. The average Bonchev–Trinajstić information content (AvgIpc) is 2.99. The lowest BCUT2D eigenvalue weighted by Crippen LogP contribution is -2.20. The number of rotatable bonds is 4. The Bertz CT molecular complexity index is 911. The standard InChI is InChI=1S/C16H14N2O3S/c1-10(19)11-3-4-14(21-2)12(7-11)8-18-9-17-15-13(16(18)20)5-6-22-15/h3-7,9H,8H2,1-2H3. The van der Waals surface area contributed by atoms with Crippen LogP contribution in [-0.4, -0.2) is 22.4 Å². The van der Waals surface area contributed by atoms with Crippen LogP contribution >= 0.6 is 11.3 Å². The number of ether oxygens (including phenoxy) is 1. The predicted octanol–water partition coefficient (Wildman–Crippen LogP) is 2.72. The minimum Gasteiger partial charge on any atom is -0.496 e. The Kier molecular flexibility index (Phi) is 3.77. The number of hydrogen-bond donors (Lipinski definition) is 0. The molecule has 0 aliphatic rings. The number of Topliss-reactive ketones (excluding diaryl/α,β-unsaturated/α-hetero) is 1. The van der Waals surface area contributed by atoms with Gasteiger partial charge in [0.1, 0.15) is 10.6 Å². The molecule has 0 fully saturated rings. The molecule has 2 heterocycles. The number of methoxy groups -OCH3 is 1. The van der Waals surface area contributed by atoms with Gasteiger partial charge in [-0.15, -0.1) is 11.3 Å². The van der Waals surface area contributed by atoms with E-state index in [0.717, 1.165) is 10.4 Å². The van der Waals surface area contributed by atoms with Crippen molar-refractivity contribution in [3.63, 3.8) is 0 Å². The number of thiophene rings is 1. The quantitative estimate of drug-likeness (QED) is 0.695. The Morgan fingerprint density at radius 2 is 2.18 bits per heavy atom. The van der Waals surface area contributed by atoms with E-state index < -0.39 is 0 Å². The molecule has 5 nitrogen and oxygen atoms in total. The van der Waals surface area contributed by atoms with E-state index in [1.54, 1.807) is 31.4 Å². The van der Waals surface area contributed by atoms with E-state index in [-0.39, 0.29) is 11.3 Å². The Morgan fingerprint density at radius 1 is 1.36 bits per heavy atom. The number of carbonyl (C=O) groups excluding carboxylic acids is 1. The summed E-state index contributed by atoms with van der Waals surface area (Å²) in [5.74, 6) is 0.616. The first-order valence-electron chi connectivity index (χ1n) is 6.70. The molecule has 0 saturated carbocycles. The van der Waals surface area contributed by atoms with E-state index >= 15 is 0 Å². The first-order chi connectivity index (χ1) is 10.6. The molecule has 0 N–H and O–H groups in total. The van der Waals surface area contributed by atoms with Gasteiger partial charge in [0.25, 0.3) is 5.56 Å². The third kappa shape index (κ3) is 2.53. The molecule has 0 radical (unpaired) electrons. The van der Waals surface area contributed by atoms with Gasteiger partial charge in [-0.2, -0.15) is 0 Å². The SMILES string of the molecule is COc1ccc(C(C)=O)cc1Cn1cnc2sccc2c1=O. The smallest absolute Gasteiger partial charge is 0.262 e. The fourth-order valence-corrected chi connectivity index (χ4v) is 3.03.